The molecule has 96 valence electrons. The summed E-state index contributed by atoms with van der Waals surface area (Å²) in [6.45, 7) is 1.97. The van der Waals surface area contributed by atoms with Crippen LogP contribution < -0.4 is 0 Å². The normalized spacial score (nSPS) is 39.9. The Balaban J connectivity index is 2.50. The summed E-state index contributed by atoms with van der Waals surface area (Å²) in [5.74, 6) is 0. The third-order valence-electron chi connectivity index (χ3n) is 2.63. The zero-order valence-corrected chi connectivity index (χ0v) is 9.32. The minimum absolute atomic E-state index is 0.402. The van der Waals surface area contributed by atoms with E-state index in [4.69, 9.17) is 14.6 Å². The molecule has 0 spiro atoms. The van der Waals surface area contributed by atoms with Crippen LogP contribution in [0.25, 0.3) is 0 Å². The molecule has 16 heavy (non-hydrogen) atoms. The minimum atomic E-state index is -1.36. The summed E-state index contributed by atoms with van der Waals surface area (Å²) in [7, 11) is 0. The lowest BCUT2D eigenvalue weighted by Gasteiger charge is -2.39. The van der Waals surface area contributed by atoms with Gasteiger partial charge in [0.25, 0.3) is 0 Å². The molecular formula is C10H20O6. The lowest BCUT2D eigenvalue weighted by molar-refractivity contribution is -0.301. The maximum atomic E-state index is 9.58. The van der Waals surface area contributed by atoms with Crippen LogP contribution in [0, 0.1) is 0 Å². The maximum absolute atomic E-state index is 9.58. The highest BCUT2D eigenvalue weighted by atomic mass is 16.7. The molecule has 5 atom stereocenters. The molecule has 0 unspecified atom stereocenters. The Kier molecular flexibility index (Phi) is 5.60. The third kappa shape index (κ3) is 3.13. The lowest BCUT2D eigenvalue weighted by atomic mass is 9.99. The molecular weight excluding hydrogens is 216 g/mol. The summed E-state index contributed by atoms with van der Waals surface area (Å²) in [4.78, 5) is 0. The first kappa shape index (κ1) is 13.8. The van der Waals surface area contributed by atoms with Gasteiger partial charge in [0.2, 0.25) is 0 Å². The fourth-order valence-corrected chi connectivity index (χ4v) is 1.55. The number of aliphatic hydroxyl groups is 4. The van der Waals surface area contributed by atoms with Crippen LogP contribution in [0.2, 0.25) is 0 Å². The number of ether oxygens (including phenoxy) is 2. The molecule has 1 heterocycles. The highest BCUT2D eigenvalue weighted by molar-refractivity contribution is 4.88. The van der Waals surface area contributed by atoms with E-state index in [0.29, 0.717) is 6.61 Å². The van der Waals surface area contributed by atoms with Gasteiger partial charge in [-0.25, -0.2) is 0 Å². The maximum Gasteiger partial charge on any atom is 0.186 e. The Bertz CT molecular complexity index is 198. The molecule has 1 saturated heterocycles. The highest BCUT2D eigenvalue weighted by Crippen LogP contribution is 2.21. The monoisotopic (exact) mass is 236 g/mol. The molecule has 0 aromatic rings. The van der Waals surface area contributed by atoms with Gasteiger partial charge in [-0.05, 0) is 6.42 Å². The molecule has 0 aromatic carbocycles. The van der Waals surface area contributed by atoms with Crippen LogP contribution in [-0.2, 0) is 9.47 Å². The topological polar surface area (TPSA) is 99.4 Å². The van der Waals surface area contributed by atoms with Crippen LogP contribution in [0.4, 0.5) is 0 Å². The minimum Gasteiger partial charge on any atom is -0.394 e. The van der Waals surface area contributed by atoms with Crippen molar-refractivity contribution in [3.63, 3.8) is 0 Å². The van der Waals surface area contributed by atoms with Crippen molar-refractivity contribution in [2.24, 2.45) is 0 Å². The van der Waals surface area contributed by atoms with Crippen molar-refractivity contribution in [2.45, 2.75) is 50.5 Å². The van der Waals surface area contributed by atoms with E-state index in [1.165, 1.54) is 0 Å². The van der Waals surface area contributed by atoms with Gasteiger partial charge in [-0.1, -0.05) is 13.3 Å². The van der Waals surface area contributed by atoms with E-state index >= 15 is 0 Å². The summed E-state index contributed by atoms with van der Waals surface area (Å²) in [6.07, 6.45) is -4.13. The van der Waals surface area contributed by atoms with Crippen molar-refractivity contribution >= 4 is 0 Å². The molecule has 6 nitrogen and oxygen atoms in total. The van der Waals surface area contributed by atoms with Crippen LogP contribution in [0.3, 0.4) is 0 Å². The number of hydrogen-bond acceptors (Lipinski definition) is 6. The van der Waals surface area contributed by atoms with E-state index < -0.39 is 37.3 Å². The molecule has 1 fully saturated rings. The first-order valence-corrected chi connectivity index (χ1v) is 5.54. The number of rotatable bonds is 5. The highest BCUT2D eigenvalue weighted by Gasteiger charge is 2.43. The average Bonchev–Trinajstić information content (AvgIpc) is 2.29. The Morgan fingerprint density at radius 3 is 2.38 bits per heavy atom. The Hall–Kier alpha value is -0.240. The summed E-state index contributed by atoms with van der Waals surface area (Å²) in [5, 5.41) is 37.5. The first-order chi connectivity index (χ1) is 7.61. The van der Waals surface area contributed by atoms with Gasteiger partial charge >= 0.3 is 0 Å². The number of aliphatic hydroxyl groups excluding tert-OH is 4. The van der Waals surface area contributed by atoms with E-state index in [1.54, 1.807) is 0 Å². The zero-order valence-electron chi connectivity index (χ0n) is 9.32. The van der Waals surface area contributed by atoms with Gasteiger partial charge in [0, 0.05) is 6.61 Å². The lowest BCUT2D eigenvalue weighted by Crippen LogP contribution is -2.59. The average molecular weight is 236 g/mol. The SMILES string of the molecule is CCCCO[C@H]1O[C@H](CO)[C@@H](O)[C@@H](O)[C@H]1O. The molecule has 0 aliphatic carbocycles. The third-order valence-corrected chi connectivity index (χ3v) is 2.63. The van der Waals surface area contributed by atoms with Crippen molar-refractivity contribution in [1.82, 2.24) is 0 Å². The molecule has 0 radical (unpaired) electrons. The Morgan fingerprint density at radius 2 is 1.81 bits per heavy atom. The summed E-state index contributed by atoms with van der Waals surface area (Å²) in [6, 6.07) is 0. The van der Waals surface area contributed by atoms with Gasteiger partial charge in [0.05, 0.1) is 6.61 Å². The molecule has 0 aromatic heterocycles. The van der Waals surface area contributed by atoms with Gasteiger partial charge in [-0.3, -0.25) is 0 Å². The number of hydrogen-bond donors (Lipinski definition) is 4. The van der Waals surface area contributed by atoms with Crippen LogP contribution in [0.1, 0.15) is 19.8 Å². The van der Waals surface area contributed by atoms with E-state index in [2.05, 4.69) is 0 Å². The van der Waals surface area contributed by atoms with Crippen molar-refractivity contribution in [3.05, 3.63) is 0 Å². The van der Waals surface area contributed by atoms with E-state index in [0.717, 1.165) is 12.8 Å². The standard InChI is InChI=1S/C10H20O6/c1-2-3-4-15-10-9(14)8(13)7(12)6(5-11)16-10/h6-14H,2-5H2,1H3/t6-,7-,8-,9-,10+/m1/s1. The second-order valence-electron chi connectivity index (χ2n) is 3.92. The quantitative estimate of drug-likeness (QED) is 0.438. The van der Waals surface area contributed by atoms with Crippen LogP contribution in [-0.4, -0.2) is 64.3 Å². The molecule has 0 bridgehead atoms. The smallest absolute Gasteiger partial charge is 0.186 e. The van der Waals surface area contributed by atoms with Crippen molar-refractivity contribution < 1.29 is 29.9 Å². The molecule has 4 N–H and O–H groups in total. The fraction of sp³-hybridized carbons (Fsp3) is 1.00. The van der Waals surface area contributed by atoms with Crippen LogP contribution in [0.15, 0.2) is 0 Å². The summed E-state index contributed by atoms with van der Waals surface area (Å²) < 4.78 is 10.4. The van der Waals surface area contributed by atoms with Gasteiger partial charge in [0.1, 0.15) is 24.4 Å². The van der Waals surface area contributed by atoms with E-state index in [-0.39, 0.29) is 0 Å². The van der Waals surface area contributed by atoms with E-state index in [9.17, 15) is 15.3 Å². The first-order valence-electron chi connectivity index (χ1n) is 5.54. The van der Waals surface area contributed by atoms with Gasteiger partial charge in [-0.2, -0.15) is 0 Å². The molecule has 1 aliphatic rings. The second-order valence-corrected chi connectivity index (χ2v) is 3.92. The number of unbranched alkanes of at least 4 members (excludes halogenated alkanes) is 1. The van der Waals surface area contributed by atoms with Gasteiger partial charge in [0.15, 0.2) is 6.29 Å². The molecule has 0 saturated carbocycles. The van der Waals surface area contributed by atoms with E-state index in [1.807, 2.05) is 6.92 Å². The van der Waals surface area contributed by atoms with Crippen molar-refractivity contribution in [2.75, 3.05) is 13.2 Å². The Morgan fingerprint density at radius 1 is 1.12 bits per heavy atom. The predicted molar refractivity (Wildman–Crippen MR) is 54.6 cm³/mol. The van der Waals surface area contributed by atoms with Gasteiger partial charge < -0.3 is 29.9 Å². The largest absolute Gasteiger partial charge is 0.394 e. The molecule has 6 heteroatoms. The van der Waals surface area contributed by atoms with Crippen molar-refractivity contribution in [1.29, 1.82) is 0 Å². The predicted octanol–water partition coefficient (Wildman–Crippen LogP) is -1.40. The summed E-state index contributed by atoms with van der Waals surface area (Å²) in [5.41, 5.74) is 0. The zero-order chi connectivity index (χ0) is 12.1. The van der Waals surface area contributed by atoms with Crippen molar-refractivity contribution in [3.8, 4) is 0 Å². The van der Waals surface area contributed by atoms with Gasteiger partial charge in [-0.15, -0.1) is 0 Å². The van der Waals surface area contributed by atoms with Crippen LogP contribution in [0.5, 0.6) is 0 Å². The fourth-order valence-electron chi connectivity index (χ4n) is 1.55. The molecule has 1 aliphatic heterocycles. The Labute approximate surface area is 94.4 Å². The summed E-state index contributed by atoms with van der Waals surface area (Å²) >= 11 is 0. The molecule has 1 rings (SSSR count). The van der Waals surface area contributed by atoms with Crippen LogP contribution >= 0.6 is 0 Å². The molecule has 0 amide bonds. The second kappa shape index (κ2) is 6.48.